The molecule has 0 saturated heterocycles. The lowest BCUT2D eigenvalue weighted by atomic mass is 10.2. The standard InChI is InChI=1S/C21H26ClN3O3/c1-21(2,3)28-20(27)25(15-16-6-4-11-23-14-16)13-5-12-24-19(26)17-7-9-18(22)10-8-17/h4,6-11,14H,5,12-13,15H2,1-3H3,(H,24,26). The fourth-order valence-electron chi connectivity index (χ4n) is 2.45. The highest BCUT2D eigenvalue weighted by molar-refractivity contribution is 6.30. The number of ether oxygens (including phenoxy) is 1. The molecule has 0 aliphatic rings. The minimum absolute atomic E-state index is 0.173. The molecule has 2 rings (SSSR count). The summed E-state index contributed by atoms with van der Waals surface area (Å²) < 4.78 is 5.50. The molecule has 0 atom stereocenters. The number of rotatable bonds is 7. The largest absolute Gasteiger partial charge is 0.444 e. The number of hydrogen-bond acceptors (Lipinski definition) is 4. The van der Waals surface area contributed by atoms with E-state index in [1.54, 1.807) is 41.6 Å². The Labute approximate surface area is 170 Å². The Hall–Kier alpha value is -2.60. The van der Waals surface area contributed by atoms with Crippen LogP contribution < -0.4 is 5.32 Å². The molecule has 28 heavy (non-hydrogen) atoms. The molecule has 2 aromatic rings. The predicted molar refractivity (Wildman–Crippen MR) is 109 cm³/mol. The van der Waals surface area contributed by atoms with Gasteiger partial charge in [-0.2, -0.15) is 0 Å². The number of amides is 2. The second kappa shape index (κ2) is 10.1. The summed E-state index contributed by atoms with van der Waals surface area (Å²) in [6.07, 6.45) is 3.62. The number of halogens is 1. The van der Waals surface area contributed by atoms with E-state index >= 15 is 0 Å². The van der Waals surface area contributed by atoms with Gasteiger partial charge in [0.25, 0.3) is 5.91 Å². The number of pyridine rings is 1. The van der Waals surface area contributed by atoms with E-state index in [1.807, 2.05) is 32.9 Å². The Kier molecular flexibility index (Phi) is 7.81. The molecule has 0 bridgehead atoms. The Morgan fingerprint density at radius 1 is 1.18 bits per heavy atom. The van der Waals surface area contributed by atoms with Gasteiger partial charge < -0.3 is 15.0 Å². The summed E-state index contributed by atoms with van der Waals surface area (Å²) in [4.78, 5) is 30.4. The molecular weight excluding hydrogens is 378 g/mol. The molecule has 150 valence electrons. The van der Waals surface area contributed by atoms with Crippen molar-refractivity contribution in [1.29, 1.82) is 0 Å². The smallest absolute Gasteiger partial charge is 0.410 e. The van der Waals surface area contributed by atoms with E-state index in [0.717, 1.165) is 5.56 Å². The van der Waals surface area contributed by atoms with Crippen molar-refractivity contribution in [3.63, 3.8) is 0 Å². The van der Waals surface area contributed by atoms with E-state index in [-0.39, 0.29) is 12.0 Å². The normalized spacial score (nSPS) is 11.0. The lowest BCUT2D eigenvalue weighted by molar-refractivity contribution is 0.0232. The van der Waals surface area contributed by atoms with Crippen LogP contribution >= 0.6 is 11.6 Å². The van der Waals surface area contributed by atoms with Gasteiger partial charge in [0, 0.05) is 36.1 Å². The second-order valence-corrected chi connectivity index (χ2v) is 7.82. The van der Waals surface area contributed by atoms with Crippen LogP contribution in [0.15, 0.2) is 48.8 Å². The van der Waals surface area contributed by atoms with Gasteiger partial charge in [-0.15, -0.1) is 0 Å². The summed E-state index contributed by atoms with van der Waals surface area (Å²) in [5.74, 6) is -0.173. The van der Waals surface area contributed by atoms with Crippen LogP contribution in [0.4, 0.5) is 4.79 Å². The van der Waals surface area contributed by atoms with E-state index in [9.17, 15) is 9.59 Å². The molecule has 0 saturated carbocycles. The van der Waals surface area contributed by atoms with Crippen molar-refractivity contribution in [2.45, 2.75) is 39.3 Å². The summed E-state index contributed by atoms with van der Waals surface area (Å²) in [6, 6.07) is 10.4. The molecule has 6 nitrogen and oxygen atoms in total. The Morgan fingerprint density at radius 2 is 1.89 bits per heavy atom. The van der Waals surface area contributed by atoms with Crippen molar-refractivity contribution in [2.24, 2.45) is 0 Å². The first-order valence-corrected chi connectivity index (χ1v) is 9.53. The minimum Gasteiger partial charge on any atom is -0.444 e. The lowest BCUT2D eigenvalue weighted by Gasteiger charge is -2.27. The Balaban J connectivity index is 1.89. The van der Waals surface area contributed by atoms with Crippen LogP contribution in [0.2, 0.25) is 5.02 Å². The van der Waals surface area contributed by atoms with Crippen LogP contribution in [0.1, 0.15) is 43.1 Å². The van der Waals surface area contributed by atoms with Crippen molar-refractivity contribution in [3.8, 4) is 0 Å². The third kappa shape index (κ3) is 7.56. The molecule has 1 aromatic heterocycles. The van der Waals surface area contributed by atoms with E-state index in [0.29, 0.717) is 36.6 Å². The quantitative estimate of drug-likeness (QED) is 0.700. The van der Waals surface area contributed by atoms with Gasteiger partial charge in [0.2, 0.25) is 0 Å². The van der Waals surface area contributed by atoms with Crippen LogP contribution in [-0.2, 0) is 11.3 Å². The molecule has 0 fully saturated rings. The molecule has 0 radical (unpaired) electrons. The van der Waals surface area contributed by atoms with Crippen LogP contribution in [0.25, 0.3) is 0 Å². The maximum atomic E-state index is 12.5. The number of hydrogen-bond donors (Lipinski definition) is 1. The summed E-state index contributed by atoms with van der Waals surface area (Å²) in [7, 11) is 0. The highest BCUT2D eigenvalue weighted by atomic mass is 35.5. The van der Waals surface area contributed by atoms with Gasteiger partial charge in [-0.3, -0.25) is 9.78 Å². The molecule has 7 heteroatoms. The number of aromatic nitrogens is 1. The van der Waals surface area contributed by atoms with Crippen LogP contribution in [0, 0.1) is 0 Å². The maximum Gasteiger partial charge on any atom is 0.410 e. The van der Waals surface area contributed by atoms with Gasteiger partial charge in [-0.1, -0.05) is 17.7 Å². The first kappa shape index (κ1) is 21.7. The molecule has 1 N–H and O–H groups in total. The van der Waals surface area contributed by atoms with Crippen molar-refractivity contribution < 1.29 is 14.3 Å². The van der Waals surface area contributed by atoms with Gasteiger partial charge >= 0.3 is 6.09 Å². The first-order chi connectivity index (χ1) is 13.2. The van der Waals surface area contributed by atoms with E-state index < -0.39 is 5.60 Å². The van der Waals surface area contributed by atoms with E-state index in [1.165, 1.54) is 0 Å². The van der Waals surface area contributed by atoms with Gasteiger partial charge in [-0.05, 0) is 63.1 Å². The highest BCUT2D eigenvalue weighted by Crippen LogP contribution is 2.13. The van der Waals surface area contributed by atoms with E-state index in [2.05, 4.69) is 10.3 Å². The fourth-order valence-corrected chi connectivity index (χ4v) is 2.57. The molecule has 0 unspecified atom stereocenters. The maximum absolute atomic E-state index is 12.5. The summed E-state index contributed by atoms with van der Waals surface area (Å²) >= 11 is 5.83. The number of benzene rings is 1. The highest BCUT2D eigenvalue weighted by Gasteiger charge is 2.22. The van der Waals surface area contributed by atoms with Crippen molar-refractivity contribution >= 4 is 23.6 Å². The second-order valence-electron chi connectivity index (χ2n) is 7.38. The average Bonchev–Trinajstić information content (AvgIpc) is 2.64. The molecule has 1 aromatic carbocycles. The number of nitrogens with one attached hydrogen (secondary N) is 1. The topological polar surface area (TPSA) is 71.5 Å². The van der Waals surface area contributed by atoms with Crippen LogP contribution in [0.5, 0.6) is 0 Å². The number of carbonyl (C=O) groups is 2. The molecule has 0 spiro atoms. The molecule has 2 amide bonds. The zero-order valence-corrected chi connectivity index (χ0v) is 17.2. The molecule has 1 heterocycles. The Morgan fingerprint density at radius 3 is 2.50 bits per heavy atom. The molecule has 0 aliphatic carbocycles. The van der Waals surface area contributed by atoms with Gasteiger partial charge in [-0.25, -0.2) is 4.79 Å². The van der Waals surface area contributed by atoms with E-state index in [4.69, 9.17) is 16.3 Å². The zero-order valence-electron chi connectivity index (χ0n) is 16.4. The molecule has 0 aliphatic heterocycles. The average molecular weight is 404 g/mol. The lowest BCUT2D eigenvalue weighted by Crippen LogP contribution is -2.38. The number of carbonyl (C=O) groups excluding carboxylic acids is 2. The monoisotopic (exact) mass is 403 g/mol. The van der Waals surface area contributed by atoms with Crippen molar-refractivity contribution in [2.75, 3.05) is 13.1 Å². The summed E-state index contributed by atoms with van der Waals surface area (Å²) in [5.41, 5.74) is 0.884. The SMILES string of the molecule is CC(C)(C)OC(=O)N(CCCNC(=O)c1ccc(Cl)cc1)Cc1cccnc1. The summed E-state index contributed by atoms with van der Waals surface area (Å²) in [5, 5.41) is 3.43. The Bertz CT molecular complexity index is 774. The van der Waals surface area contributed by atoms with Crippen molar-refractivity contribution in [1.82, 2.24) is 15.2 Å². The fraction of sp³-hybridized carbons (Fsp3) is 0.381. The van der Waals surface area contributed by atoms with Gasteiger partial charge in [0.05, 0.1) is 6.54 Å². The third-order valence-electron chi connectivity index (χ3n) is 3.74. The molecular formula is C21H26ClN3O3. The van der Waals surface area contributed by atoms with Crippen LogP contribution in [0.3, 0.4) is 0 Å². The zero-order chi connectivity index (χ0) is 20.6. The minimum atomic E-state index is -0.576. The van der Waals surface area contributed by atoms with Gasteiger partial charge in [0.1, 0.15) is 5.60 Å². The van der Waals surface area contributed by atoms with Crippen molar-refractivity contribution in [3.05, 3.63) is 64.9 Å². The third-order valence-corrected chi connectivity index (χ3v) is 4.00. The predicted octanol–water partition coefficient (Wildman–Crippen LogP) is 4.29. The first-order valence-electron chi connectivity index (χ1n) is 9.15. The van der Waals surface area contributed by atoms with Gasteiger partial charge in [0.15, 0.2) is 0 Å². The van der Waals surface area contributed by atoms with Crippen LogP contribution in [-0.4, -0.2) is 40.6 Å². The summed E-state index contributed by atoms with van der Waals surface area (Å²) in [6.45, 7) is 6.78. The number of nitrogens with zero attached hydrogens (tertiary/aromatic N) is 2.